The lowest BCUT2D eigenvalue weighted by molar-refractivity contribution is -0.192. The van der Waals surface area contributed by atoms with Crippen LogP contribution >= 0.6 is 11.3 Å². The number of hydrogen-bond donors (Lipinski definition) is 2. The molecule has 1 aromatic rings. The van der Waals surface area contributed by atoms with Crippen molar-refractivity contribution in [2.45, 2.75) is 25.4 Å². The zero-order valence-electron chi connectivity index (χ0n) is 15.5. The molecule has 1 aliphatic carbocycles. The fourth-order valence-corrected chi connectivity index (χ4v) is 3.60. The number of carboxylic acid groups (broad SMARTS) is 1. The minimum absolute atomic E-state index is 0.0323. The molecule has 0 unspecified atom stereocenters. The summed E-state index contributed by atoms with van der Waals surface area (Å²) in [6.45, 7) is 2.24. The van der Waals surface area contributed by atoms with Gasteiger partial charge in [-0.2, -0.15) is 13.2 Å². The Morgan fingerprint density at radius 1 is 1.32 bits per heavy atom. The van der Waals surface area contributed by atoms with Crippen molar-refractivity contribution in [1.82, 2.24) is 10.2 Å². The minimum atomic E-state index is -5.08. The Balaban J connectivity index is 0.000000345. The summed E-state index contributed by atoms with van der Waals surface area (Å²) < 4.78 is 31.7. The molecule has 1 fully saturated rings. The van der Waals surface area contributed by atoms with Crippen LogP contribution in [0.4, 0.5) is 18.9 Å². The largest absolute Gasteiger partial charge is 0.490 e. The molecule has 0 spiro atoms. The van der Waals surface area contributed by atoms with Gasteiger partial charge in [0.1, 0.15) is 0 Å². The molecule has 1 aliphatic heterocycles. The average Bonchev–Trinajstić information content (AvgIpc) is 3.23. The molecule has 0 bridgehead atoms. The number of halogens is 3. The number of nitrogens with one attached hydrogen (secondary N) is 1. The zero-order chi connectivity index (χ0) is 21.1. The highest BCUT2D eigenvalue weighted by molar-refractivity contribution is 7.14. The number of amides is 2. The van der Waals surface area contributed by atoms with E-state index in [1.807, 2.05) is 30.0 Å². The van der Waals surface area contributed by atoms with E-state index >= 15 is 0 Å². The highest BCUT2D eigenvalue weighted by Crippen LogP contribution is 2.40. The van der Waals surface area contributed by atoms with Gasteiger partial charge in [-0.15, -0.1) is 11.3 Å². The van der Waals surface area contributed by atoms with Crippen LogP contribution in [0.25, 0.3) is 0 Å². The maximum Gasteiger partial charge on any atom is 0.490 e. The number of likely N-dealkylation sites (N-methyl/N-ethyl adjacent to an activating group) is 1. The molecular weight excluding hydrogens is 399 g/mol. The van der Waals surface area contributed by atoms with Gasteiger partial charge in [0.25, 0.3) is 5.91 Å². The van der Waals surface area contributed by atoms with Crippen molar-refractivity contribution in [3.05, 3.63) is 15.8 Å². The molecule has 1 aromatic heterocycles. The van der Waals surface area contributed by atoms with Crippen molar-refractivity contribution in [1.29, 1.82) is 0 Å². The lowest BCUT2D eigenvalue weighted by atomic mass is 10.3. The van der Waals surface area contributed by atoms with Gasteiger partial charge in [-0.1, -0.05) is 0 Å². The SMILES string of the molecule is CN(C)CCNC(=O)c1cc2c(s1)CCN2C(=O)C1CC1.O=C(O)C(F)(F)F. The molecule has 0 atom stereocenters. The Hall–Kier alpha value is -2.14. The molecular formula is C17H22F3N3O4S. The fraction of sp³-hybridized carbons (Fsp3) is 0.588. The van der Waals surface area contributed by atoms with E-state index in [2.05, 4.69) is 5.32 Å². The second-order valence-electron chi connectivity index (χ2n) is 6.80. The third-order valence-corrected chi connectivity index (χ3v) is 5.33. The van der Waals surface area contributed by atoms with Crippen LogP contribution in [0.15, 0.2) is 6.07 Å². The summed E-state index contributed by atoms with van der Waals surface area (Å²) >= 11 is 1.52. The van der Waals surface area contributed by atoms with Crippen molar-refractivity contribution < 1.29 is 32.7 Å². The maximum absolute atomic E-state index is 12.2. The number of carboxylic acids is 1. The summed E-state index contributed by atoms with van der Waals surface area (Å²) in [5.74, 6) is -2.32. The Kier molecular flexibility index (Phi) is 7.05. The number of alkyl halides is 3. The molecule has 2 aliphatic rings. The average molecular weight is 421 g/mol. The van der Waals surface area contributed by atoms with Gasteiger partial charge in [0.15, 0.2) is 0 Å². The number of hydrogen-bond acceptors (Lipinski definition) is 5. The number of thiophene rings is 1. The van der Waals surface area contributed by atoms with Crippen molar-refractivity contribution in [2.75, 3.05) is 38.6 Å². The molecule has 2 N–H and O–H groups in total. The van der Waals surface area contributed by atoms with Gasteiger partial charge in [-0.25, -0.2) is 4.79 Å². The van der Waals surface area contributed by atoms with Crippen LogP contribution in [-0.4, -0.2) is 67.7 Å². The van der Waals surface area contributed by atoms with E-state index in [9.17, 15) is 22.8 Å². The first-order chi connectivity index (χ1) is 13.0. The summed E-state index contributed by atoms with van der Waals surface area (Å²) in [7, 11) is 3.96. The van der Waals surface area contributed by atoms with E-state index in [1.54, 1.807) is 0 Å². The molecule has 7 nitrogen and oxygen atoms in total. The van der Waals surface area contributed by atoms with Gasteiger partial charge < -0.3 is 20.2 Å². The number of carbonyl (C=O) groups is 3. The predicted molar refractivity (Wildman–Crippen MR) is 97.7 cm³/mol. The fourth-order valence-electron chi connectivity index (χ4n) is 2.53. The predicted octanol–water partition coefficient (Wildman–Crippen LogP) is 1.97. The Morgan fingerprint density at radius 3 is 2.43 bits per heavy atom. The summed E-state index contributed by atoms with van der Waals surface area (Å²) in [6.07, 6.45) is -2.16. The molecule has 0 saturated heterocycles. The first kappa shape index (κ1) is 22.2. The van der Waals surface area contributed by atoms with E-state index in [1.165, 1.54) is 16.2 Å². The molecule has 156 valence electrons. The quantitative estimate of drug-likeness (QED) is 0.759. The lowest BCUT2D eigenvalue weighted by Gasteiger charge is -2.15. The topological polar surface area (TPSA) is 90.0 Å². The number of carbonyl (C=O) groups excluding carboxylic acids is 2. The zero-order valence-corrected chi connectivity index (χ0v) is 16.3. The Morgan fingerprint density at radius 2 is 1.93 bits per heavy atom. The summed E-state index contributed by atoms with van der Waals surface area (Å²) in [4.78, 5) is 39.0. The first-order valence-corrected chi connectivity index (χ1v) is 9.49. The van der Waals surface area contributed by atoms with Crippen molar-refractivity contribution in [3.8, 4) is 0 Å². The van der Waals surface area contributed by atoms with Crippen LogP contribution in [0.3, 0.4) is 0 Å². The van der Waals surface area contributed by atoms with Crippen molar-refractivity contribution in [3.63, 3.8) is 0 Å². The molecule has 0 aromatic carbocycles. The smallest absolute Gasteiger partial charge is 0.475 e. The molecule has 28 heavy (non-hydrogen) atoms. The maximum atomic E-state index is 12.2. The summed E-state index contributed by atoms with van der Waals surface area (Å²) in [6, 6.07) is 1.89. The van der Waals surface area contributed by atoms with Crippen LogP contribution < -0.4 is 10.2 Å². The number of nitrogens with zero attached hydrogens (tertiary/aromatic N) is 2. The van der Waals surface area contributed by atoms with Crippen molar-refractivity contribution in [2.24, 2.45) is 5.92 Å². The van der Waals surface area contributed by atoms with E-state index in [0.29, 0.717) is 11.4 Å². The van der Waals surface area contributed by atoms with Gasteiger partial charge in [-0.3, -0.25) is 9.59 Å². The van der Waals surface area contributed by atoms with Crippen LogP contribution in [0, 0.1) is 5.92 Å². The minimum Gasteiger partial charge on any atom is -0.475 e. The van der Waals surface area contributed by atoms with Crippen molar-refractivity contribution >= 4 is 34.8 Å². The Bertz CT molecular complexity index is 744. The highest BCUT2D eigenvalue weighted by Gasteiger charge is 2.38. The monoisotopic (exact) mass is 421 g/mol. The number of aliphatic carboxylic acids is 1. The molecule has 11 heteroatoms. The third kappa shape index (κ3) is 5.93. The summed E-state index contributed by atoms with van der Waals surface area (Å²) in [5, 5.41) is 10.0. The molecule has 1 saturated carbocycles. The van der Waals surface area contributed by atoms with Gasteiger partial charge in [0.05, 0.1) is 10.6 Å². The van der Waals surface area contributed by atoms with Crippen LogP contribution in [0.5, 0.6) is 0 Å². The second-order valence-corrected chi connectivity index (χ2v) is 7.93. The molecule has 2 heterocycles. The summed E-state index contributed by atoms with van der Waals surface area (Å²) in [5.41, 5.74) is 0.967. The van der Waals surface area contributed by atoms with Gasteiger partial charge >= 0.3 is 12.1 Å². The second kappa shape index (κ2) is 8.91. The van der Waals surface area contributed by atoms with E-state index in [4.69, 9.17) is 9.90 Å². The number of rotatable bonds is 5. The first-order valence-electron chi connectivity index (χ1n) is 8.67. The van der Waals surface area contributed by atoms with Gasteiger partial charge in [0.2, 0.25) is 5.91 Å². The molecule has 2 amide bonds. The van der Waals surface area contributed by atoms with Crippen LogP contribution in [-0.2, 0) is 16.0 Å². The van der Waals surface area contributed by atoms with Gasteiger partial charge in [0, 0.05) is 36.9 Å². The number of fused-ring (bicyclic) bond motifs is 1. The molecule has 0 radical (unpaired) electrons. The highest BCUT2D eigenvalue weighted by atomic mass is 32.1. The molecule has 3 rings (SSSR count). The van der Waals surface area contributed by atoms with E-state index < -0.39 is 12.1 Å². The van der Waals surface area contributed by atoms with Gasteiger partial charge in [-0.05, 0) is 33.0 Å². The standard InChI is InChI=1S/C15H21N3O2S.C2HF3O2/c1-17(2)8-6-16-14(19)13-9-11-12(21-13)5-7-18(11)15(20)10-3-4-10;3-2(4,5)1(6)7/h9-10H,3-8H2,1-2H3,(H,16,19);(H,6,7). The lowest BCUT2D eigenvalue weighted by Crippen LogP contribution is -2.31. The normalized spacial score (nSPS) is 15.7. The number of anilines is 1. The van der Waals surface area contributed by atoms with E-state index in [-0.39, 0.29) is 17.7 Å². The van der Waals surface area contributed by atoms with E-state index in [0.717, 1.165) is 38.0 Å². The third-order valence-electron chi connectivity index (χ3n) is 4.14. The Labute approximate surface area is 164 Å². The van der Waals surface area contributed by atoms with Crippen LogP contribution in [0.1, 0.15) is 27.4 Å². The van der Waals surface area contributed by atoms with Crippen LogP contribution in [0.2, 0.25) is 0 Å².